The van der Waals surface area contributed by atoms with Crippen molar-refractivity contribution in [1.82, 2.24) is 4.90 Å². The Morgan fingerprint density at radius 1 is 0.760 bits per heavy atom. The lowest BCUT2D eigenvalue weighted by Crippen LogP contribution is -2.37. The normalized spacial score (nSPS) is 12.6. The summed E-state index contributed by atoms with van der Waals surface area (Å²) in [6.07, 6.45) is -7.11. The molecule has 0 saturated heterocycles. The lowest BCUT2D eigenvalue weighted by molar-refractivity contribution is -0.183. The molecule has 0 radical (unpaired) electrons. The molecule has 4 rings (SSSR count). The van der Waals surface area contributed by atoms with Gasteiger partial charge in [-0.05, 0) is 98.6 Å². The van der Waals surface area contributed by atoms with Crippen LogP contribution in [0.2, 0.25) is 10.0 Å². The lowest BCUT2D eigenvalue weighted by atomic mass is 9.91. The Bertz CT molecular complexity index is 1640. The Labute approximate surface area is 301 Å². The number of likely N-dealkylation sites (N-methyl/N-ethyl adjacent to an activating group) is 1. The Balaban J connectivity index is 1.32. The van der Waals surface area contributed by atoms with Crippen molar-refractivity contribution < 1.29 is 37.0 Å². The molecule has 11 heteroatoms. The zero-order valence-electron chi connectivity index (χ0n) is 28.3. The molecule has 0 saturated carbocycles. The Morgan fingerprint density at radius 2 is 1.28 bits per heavy atom. The van der Waals surface area contributed by atoms with Crippen LogP contribution in [0.3, 0.4) is 0 Å². The van der Waals surface area contributed by atoms with Gasteiger partial charge in [-0.2, -0.15) is 13.2 Å². The van der Waals surface area contributed by atoms with Crippen molar-refractivity contribution in [3.8, 4) is 5.75 Å². The zero-order chi connectivity index (χ0) is 36.5. The first-order valence-corrected chi connectivity index (χ1v) is 16.8. The molecule has 0 aromatic heterocycles. The van der Waals surface area contributed by atoms with E-state index in [1.54, 1.807) is 57.2 Å². The third-order valence-electron chi connectivity index (χ3n) is 7.74. The fourth-order valence-corrected chi connectivity index (χ4v) is 5.38. The Kier molecular flexibility index (Phi) is 13.5. The minimum absolute atomic E-state index is 0.0694. The summed E-state index contributed by atoms with van der Waals surface area (Å²) in [5.41, 5.74) is 2.82. The standard InChI is InChI=1S/C39H40Cl2F3NO5/c1-38(2,3)50-37(47)30-9-5-27(6-10-30)25-49-35(36(46)39(42,43)44)23-26-7-19-33(20-8-26)48-22-21-45(4)24-34(28-11-15-31(40)16-12-28)29-13-17-32(41)18-14-29/h5-20,34-35H,21-25H2,1-4H3. The van der Waals surface area contributed by atoms with Crippen molar-refractivity contribution in [2.24, 2.45) is 0 Å². The van der Waals surface area contributed by atoms with E-state index < -0.39 is 29.6 Å². The van der Waals surface area contributed by atoms with Gasteiger partial charge in [0.2, 0.25) is 0 Å². The van der Waals surface area contributed by atoms with Gasteiger partial charge in [-0.3, -0.25) is 4.79 Å². The van der Waals surface area contributed by atoms with E-state index in [2.05, 4.69) is 4.90 Å². The van der Waals surface area contributed by atoms with Gasteiger partial charge in [0.05, 0.1) is 12.2 Å². The number of carbonyl (C=O) groups excluding carboxylic acids is 2. The van der Waals surface area contributed by atoms with Crippen molar-refractivity contribution in [1.29, 1.82) is 0 Å². The minimum Gasteiger partial charge on any atom is -0.492 e. The molecule has 0 fully saturated rings. The first-order chi connectivity index (χ1) is 23.6. The van der Waals surface area contributed by atoms with Crippen LogP contribution in [0.4, 0.5) is 13.2 Å². The van der Waals surface area contributed by atoms with Crippen LogP contribution in [-0.2, 0) is 27.3 Å². The van der Waals surface area contributed by atoms with E-state index in [-0.39, 0.29) is 18.9 Å². The van der Waals surface area contributed by atoms with Gasteiger partial charge in [-0.15, -0.1) is 0 Å². The van der Waals surface area contributed by atoms with Crippen molar-refractivity contribution in [2.45, 2.75) is 57.6 Å². The number of halogens is 5. The van der Waals surface area contributed by atoms with Crippen LogP contribution in [-0.4, -0.2) is 61.3 Å². The summed E-state index contributed by atoms with van der Waals surface area (Å²) in [5, 5.41) is 1.32. The average Bonchev–Trinajstić information content (AvgIpc) is 3.06. The maximum Gasteiger partial charge on any atom is 0.452 e. The number of ketones is 1. The fraction of sp³-hybridized carbons (Fsp3) is 0.333. The molecule has 4 aromatic carbocycles. The van der Waals surface area contributed by atoms with Crippen LogP contribution in [0.15, 0.2) is 97.1 Å². The van der Waals surface area contributed by atoms with Gasteiger partial charge < -0.3 is 19.1 Å². The summed E-state index contributed by atoms with van der Waals surface area (Å²) in [5.74, 6) is -1.88. The molecule has 0 bridgehead atoms. The fourth-order valence-electron chi connectivity index (χ4n) is 5.13. The van der Waals surface area contributed by atoms with Crippen molar-refractivity contribution >= 4 is 35.0 Å². The molecule has 1 atom stereocenters. The summed E-state index contributed by atoms with van der Waals surface area (Å²) >= 11 is 12.2. The molecule has 0 aliphatic rings. The predicted molar refractivity (Wildman–Crippen MR) is 189 cm³/mol. The average molecular weight is 731 g/mol. The number of ether oxygens (including phenoxy) is 3. The van der Waals surface area contributed by atoms with Crippen LogP contribution in [0.5, 0.6) is 5.75 Å². The lowest BCUT2D eigenvalue weighted by Gasteiger charge is -2.25. The number of hydrogen-bond donors (Lipinski definition) is 0. The number of rotatable bonds is 15. The summed E-state index contributed by atoms with van der Waals surface area (Å²) < 4.78 is 57.1. The molecule has 1 unspecified atom stereocenters. The molecule has 0 spiro atoms. The number of esters is 1. The van der Waals surface area contributed by atoms with Gasteiger partial charge in [-0.1, -0.05) is 71.7 Å². The number of alkyl halides is 3. The largest absolute Gasteiger partial charge is 0.492 e. The quantitative estimate of drug-likeness (QED) is 0.114. The second-order valence-corrected chi connectivity index (χ2v) is 13.8. The molecule has 0 aliphatic carbocycles. The smallest absolute Gasteiger partial charge is 0.452 e. The van der Waals surface area contributed by atoms with Gasteiger partial charge >= 0.3 is 12.1 Å². The maximum absolute atomic E-state index is 13.5. The third kappa shape index (κ3) is 12.2. The molecular weight excluding hydrogens is 690 g/mol. The van der Waals surface area contributed by atoms with E-state index >= 15 is 0 Å². The number of nitrogens with zero attached hydrogens (tertiary/aromatic N) is 1. The Hall–Kier alpha value is -3.89. The second-order valence-electron chi connectivity index (χ2n) is 13.0. The van der Waals surface area contributed by atoms with Gasteiger partial charge in [0.15, 0.2) is 0 Å². The molecule has 6 nitrogen and oxygen atoms in total. The van der Waals surface area contributed by atoms with E-state index in [1.807, 2.05) is 55.6 Å². The van der Waals surface area contributed by atoms with Crippen LogP contribution < -0.4 is 4.74 Å². The van der Waals surface area contributed by atoms with E-state index in [9.17, 15) is 22.8 Å². The van der Waals surface area contributed by atoms with Crippen molar-refractivity contribution in [2.75, 3.05) is 26.7 Å². The molecule has 50 heavy (non-hydrogen) atoms. The molecule has 0 heterocycles. The highest BCUT2D eigenvalue weighted by atomic mass is 35.5. The highest BCUT2D eigenvalue weighted by molar-refractivity contribution is 6.30. The molecule has 0 N–H and O–H groups in total. The highest BCUT2D eigenvalue weighted by Crippen LogP contribution is 2.28. The van der Waals surface area contributed by atoms with Crippen LogP contribution >= 0.6 is 23.2 Å². The van der Waals surface area contributed by atoms with Crippen LogP contribution in [0, 0.1) is 0 Å². The van der Waals surface area contributed by atoms with E-state index in [1.165, 1.54) is 12.1 Å². The minimum atomic E-state index is -5.07. The van der Waals surface area contributed by atoms with E-state index in [0.717, 1.165) is 11.1 Å². The number of benzene rings is 4. The second kappa shape index (κ2) is 17.4. The SMILES string of the molecule is CN(CCOc1ccc(CC(OCc2ccc(C(=O)OC(C)(C)C)cc2)C(=O)C(F)(F)F)cc1)CC(c1ccc(Cl)cc1)c1ccc(Cl)cc1. The number of Topliss-reactive ketones (excluding diaryl/α,β-unsaturated/α-hetero) is 1. The van der Waals surface area contributed by atoms with Crippen molar-refractivity contribution in [3.63, 3.8) is 0 Å². The Morgan fingerprint density at radius 3 is 1.78 bits per heavy atom. The van der Waals surface area contributed by atoms with E-state index in [0.29, 0.717) is 52.2 Å². The third-order valence-corrected chi connectivity index (χ3v) is 8.24. The molecule has 0 amide bonds. The monoisotopic (exact) mass is 729 g/mol. The summed E-state index contributed by atoms with van der Waals surface area (Å²) in [4.78, 5) is 26.7. The van der Waals surface area contributed by atoms with E-state index in [4.69, 9.17) is 37.4 Å². The van der Waals surface area contributed by atoms with Crippen LogP contribution in [0.25, 0.3) is 0 Å². The summed E-state index contributed by atoms with van der Waals surface area (Å²) in [6.45, 7) is 6.66. The number of hydrogen-bond acceptors (Lipinski definition) is 6. The van der Waals surface area contributed by atoms with Gasteiger partial charge in [0.1, 0.15) is 24.1 Å². The molecular formula is C39H40Cl2F3NO5. The van der Waals surface area contributed by atoms with Gasteiger partial charge in [0, 0.05) is 35.5 Å². The molecule has 266 valence electrons. The van der Waals surface area contributed by atoms with Crippen LogP contribution in [0.1, 0.15) is 59.3 Å². The molecule has 0 aliphatic heterocycles. The molecule has 4 aromatic rings. The summed E-state index contributed by atoms with van der Waals surface area (Å²) in [7, 11) is 2.00. The highest BCUT2D eigenvalue weighted by Gasteiger charge is 2.44. The maximum atomic E-state index is 13.5. The zero-order valence-corrected chi connectivity index (χ0v) is 29.8. The van der Waals surface area contributed by atoms with Crippen molar-refractivity contribution in [3.05, 3.63) is 135 Å². The first kappa shape index (κ1) is 38.9. The topological polar surface area (TPSA) is 65.1 Å². The number of carbonyl (C=O) groups is 2. The predicted octanol–water partition coefficient (Wildman–Crippen LogP) is 9.35. The summed E-state index contributed by atoms with van der Waals surface area (Å²) in [6, 6.07) is 28.2. The van der Waals surface area contributed by atoms with Gasteiger partial charge in [-0.25, -0.2) is 4.79 Å². The first-order valence-electron chi connectivity index (χ1n) is 16.0. The van der Waals surface area contributed by atoms with Gasteiger partial charge in [0.25, 0.3) is 5.78 Å².